The van der Waals surface area contributed by atoms with Crippen LogP contribution in [0.3, 0.4) is 0 Å². The lowest BCUT2D eigenvalue weighted by molar-refractivity contribution is -0.123. The molecule has 0 bridgehead atoms. The zero-order chi connectivity index (χ0) is 12.7. The Balaban J connectivity index is 2.34. The first kappa shape index (κ1) is 13.8. The second-order valence-corrected chi connectivity index (χ2v) is 4.10. The van der Waals surface area contributed by atoms with Gasteiger partial charge in [0.2, 0.25) is 0 Å². The van der Waals surface area contributed by atoms with E-state index in [-0.39, 0.29) is 12.5 Å². The molecule has 0 atom stereocenters. The minimum absolute atomic E-state index is 0.00560. The van der Waals surface area contributed by atoms with Crippen LogP contribution in [0, 0.1) is 6.92 Å². The third kappa shape index (κ3) is 5.06. The highest BCUT2D eigenvalue weighted by atomic mass is 35.5. The van der Waals surface area contributed by atoms with Gasteiger partial charge in [-0.1, -0.05) is 11.6 Å². The topological polar surface area (TPSA) is 64.3 Å². The molecule has 3 N–H and O–H groups in total. The minimum Gasteiger partial charge on any atom is -0.484 e. The maximum atomic E-state index is 11.3. The summed E-state index contributed by atoms with van der Waals surface area (Å²) in [4.78, 5) is 11.3. The molecule has 94 valence electrons. The number of amides is 1. The van der Waals surface area contributed by atoms with E-state index in [1.807, 2.05) is 6.92 Å². The van der Waals surface area contributed by atoms with E-state index in [1.165, 1.54) is 0 Å². The predicted molar refractivity (Wildman–Crippen MR) is 68.4 cm³/mol. The van der Waals surface area contributed by atoms with Crippen molar-refractivity contribution >= 4 is 17.5 Å². The highest BCUT2D eigenvalue weighted by Gasteiger charge is 2.03. The fourth-order valence-electron chi connectivity index (χ4n) is 1.24. The van der Waals surface area contributed by atoms with Crippen molar-refractivity contribution in [3.63, 3.8) is 0 Å². The minimum atomic E-state index is -0.147. The predicted octanol–water partition coefficient (Wildman–Crippen LogP) is 1.49. The van der Waals surface area contributed by atoms with Crippen molar-refractivity contribution in [2.45, 2.75) is 13.3 Å². The number of nitrogens with one attached hydrogen (secondary N) is 1. The van der Waals surface area contributed by atoms with Gasteiger partial charge in [-0.2, -0.15) is 0 Å². The normalized spacial score (nSPS) is 10.1. The van der Waals surface area contributed by atoms with Gasteiger partial charge in [0.1, 0.15) is 5.75 Å². The molecule has 0 unspecified atom stereocenters. The van der Waals surface area contributed by atoms with Crippen LogP contribution in [0.5, 0.6) is 5.75 Å². The number of halogens is 1. The van der Waals surface area contributed by atoms with Gasteiger partial charge < -0.3 is 15.8 Å². The fraction of sp³-hybridized carbons (Fsp3) is 0.417. The highest BCUT2D eigenvalue weighted by Crippen LogP contribution is 2.20. The van der Waals surface area contributed by atoms with Crippen LogP contribution in [0.25, 0.3) is 0 Å². The van der Waals surface area contributed by atoms with E-state index in [9.17, 15) is 4.79 Å². The van der Waals surface area contributed by atoms with Gasteiger partial charge in [-0.3, -0.25) is 4.79 Å². The number of hydrogen-bond donors (Lipinski definition) is 2. The van der Waals surface area contributed by atoms with Gasteiger partial charge >= 0.3 is 0 Å². The average molecular weight is 257 g/mol. The summed E-state index contributed by atoms with van der Waals surface area (Å²) in [5.74, 6) is 0.493. The van der Waals surface area contributed by atoms with Crippen LogP contribution in [-0.4, -0.2) is 25.6 Å². The Bertz CT molecular complexity index is 383. The standard InChI is InChI=1S/C12H17ClN2O2/c1-9-7-10(3-4-11(9)13)17-8-12(16)15-6-2-5-14/h3-4,7H,2,5-6,8,14H2,1H3,(H,15,16). The Hall–Kier alpha value is -1.26. The first-order chi connectivity index (χ1) is 8.13. The SMILES string of the molecule is Cc1cc(OCC(=O)NCCCN)ccc1Cl. The van der Waals surface area contributed by atoms with Crippen molar-refractivity contribution in [3.05, 3.63) is 28.8 Å². The smallest absolute Gasteiger partial charge is 0.257 e. The van der Waals surface area contributed by atoms with Crippen LogP contribution in [0.15, 0.2) is 18.2 Å². The van der Waals surface area contributed by atoms with Gasteiger partial charge in [0.05, 0.1) is 0 Å². The number of aryl methyl sites for hydroxylation is 1. The summed E-state index contributed by atoms with van der Waals surface area (Å²) in [6.45, 7) is 3.04. The first-order valence-electron chi connectivity index (χ1n) is 5.49. The quantitative estimate of drug-likeness (QED) is 0.758. The molecule has 17 heavy (non-hydrogen) atoms. The summed E-state index contributed by atoms with van der Waals surface area (Å²) in [6.07, 6.45) is 0.770. The summed E-state index contributed by atoms with van der Waals surface area (Å²) in [5.41, 5.74) is 6.24. The first-order valence-corrected chi connectivity index (χ1v) is 5.87. The molecule has 0 saturated carbocycles. The van der Waals surface area contributed by atoms with Crippen molar-refractivity contribution in [1.82, 2.24) is 5.32 Å². The Labute approximate surface area is 106 Å². The molecular weight excluding hydrogens is 240 g/mol. The Morgan fingerprint density at radius 2 is 2.29 bits per heavy atom. The van der Waals surface area contributed by atoms with E-state index in [2.05, 4.69) is 5.32 Å². The number of benzene rings is 1. The van der Waals surface area contributed by atoms with E-state index in [0.717, 1.165) is 12.0 Å². The van der Waals surface area contributed by atoms with Gasteiger partial charge in [-0.05, 0) is 43.7 Å². The number of hydrogen-bond acceptors (Lipinski definition) is 3. The Kier molecular flexibility index (Phi) is 5.80. The zero-order valence-corrected chi connectivity index (χ0v) is 10.6. The average Bonchev–Trinajstić information content (AvgIpc) is 2.31. The van der Waals surface area contributed by atoms with Crippen LogP contribution < -0.4 is 15.8 Å². The third-order valence-electron chi connectivity index (χ3n) is 2.20. The van der Waals surface area contributed by atoms with E-state index in [0.29, 0.717) is 23.9 Å². The van der Waals surface area contributed by atoms with Crippen LogP contribution >= 0.6 is 11.6 Å². The molecule has 4 nitrogen and oxygen atoms in total. The second-order valence-electron chi connectivity index (χ2n) is 3.69. The molecule has 1 aromatic rings. The molecule has 5 heteroatoms. The van der Waals surface area contributed by atoms with E-state index in [4.69, 9.17) is 22.1 Å². The second kappa shape index (κ2) is 7.14. The molecule has 0 saturated heterocycles. The molecule has 1 amide bonds. The molecule has 1 rings (SSSR count). The van der Waals surface area contributed by atoms with Gasteiger partial charge in [-0.15, -0.1) is 0 Å². The number of nitrogens with two attached hydrogens (primary N) is 1. The summed E-state index contributed by atoms with van der Waals surface area (Å²) >= 11 is 5.88. The molecule has 0 heterocycles. The molecule has 1 aromatic carbocycles. The number of ether oxygens (including phenoxy) is 1. The fourth-order valence-corrected chi connectivity index (χ4v) is 1.35. The van der Waals surface area contributed by atoms with Crippen LogP contribution in [0.2, 0.25) is 5.02 Å². The lowest BCUT2D eigenvalue weighted by Gasteiger charge is -2.08. The van der Waals surface area contributed by atoms with Gasteiger partial charge in [0.15, 0.2) is 6.61 Å². The van der Waals surface area contributed by atoms with Crippen molar-refractivity contribution < 1.29 is 9.53 Å². The molecule has 0 aromatic heterocycles. The number of carbonyl (C=O) groups excluding carboxylic acids is 1. The van der Waals surface area contributed by atoms with E-state index >= 15 is 0 Å². The Morgan fingerprint density at radius 1 is 1.53 bits per heavy atom. The lowest BCUT2D eigenvalue weighted by atomic mass is 10.2. The molecule has 0 fully saturated rings. The summed E-state index contributed by atoms with van der Waals surface area (Å²) in [6, 6.07) is 5.29. The van der Waals surface area contributed by atoms with Gasteiger partial charge in [-0.25, -0.2) is 0 Å². The van der Waals surface area contributed by atoms with Crippen molar-refractivity contribution in [2.75, 3.05) is 19.7 Å². The lowest BCUT2D eigenvalue weighted by Crippen LogP contribution is -2.30. The molecule has 0 aliphatic heterocycles. The maximum absolute atomic E-state index is 11.3. The van der Waals surface area contributed by atoms with Crippen molar-refractivity contribution in [1.29, 1.82) is 0 Å². The van der Waals surface area contributed by atoms with E-state index < -0.39 is 0 Å². The van der Waals surface area contributed by atoms with Crippen LogP contribution in [0.1, 0.15) is 12.0 Å². The molecular formula is C12H17ClN2O2. The van der Waals surface area contributed by atoms with Crippen LogP contribution in [0.4, 0.5) is 0 Å². The highest BCUT2D eigenvalue weighted by molar-refractivity contribution is 6.31. The monoisotopic (exact) mass is 256 g/mol. The summed E-state index contributed by atoms with van der Waals surface area (Å²) in [5, 5.41) is 3.39. The van der Waals surface area contributed by atoms with Crippen molar-refractivity contribution in [3.8, 4) is 5.75 Å². The molecule has 0 aliphatic carbocycles. The molecule has 0 radical (unpaired) electrons. The van der Waals surface area contributed by atoms with Crippen molar-refractivity contribution in [2.24, 2.45) is 5.73 Å². The summed E-state index contributed by atoms with van der Waals surface area (Å²) < 4.78 is 5.33. The van der Waals surface area contributed by atoms with E-state index in [1.54, 1.807) is 18.2 Å². The maximum Gasteiger partial charge on any atom is 0.257 e. The summed E-state index contributed by atoms with van der Waals surface area (Å²) in [7, 11) is 0. The molecule has 0 aliphatic rings. The number of carbonyl (C=O) groups is 1. The zero-order valence-electron chi connectivity index (χ0n) is 9.83. The largest absolute Gasteiger partial charge is 0.484 e. The molecule has 0 spiro atoms. The van der Waals surface area contributed by atoms with Gasteiger partial charge in [0.25, 0.3) is 5.91 Å². The third-order valence-corrected chi connectivity index (χ3v) is 2.63. The Morgan fingerprint density at radius 3 is 2.94 bits per heavy atom. The van der Waals surface area contributed by atoms with Crippen LogP contribution in [-0.2, 0) is 4.79 Å². The van der Waals surface area contributed by atoms with Gasteiger partial charge in [0, 0.05) is 11.6 Å². The number of rotatable bonds is 6.